The quantitative estimate of drug-likeness (QED) is 0.674. The highest BCUT2D eigenvalue weighted by atomic mass is 16.5. The Morgan fingerprint density at radius 3 is 2.30 bits per heavy atom. The molecule has 0 bridgehead atoms. The highest BCUT2D eigenvalue weighted by molar-refractivity contribution is 5.87. The van der Waals surface area contributed by atoms with Gasteiger partial charge >= 0.3 is 0 Å². The van der Waals surface area contributed by atoms with Crippen molar-refractivity contribution in [2.75, 3.05) is 13.7 Å². The van der Waals surface area contributed by atoms with Crippen LogP contribution in [0, 0.1) is 5.92 Å². The van der Waals surface area contributed by atoms with Crippen LogP contribution in [0.25, 0.3) is 0 Å². The fourth-order valence-corrected chi connectivity index (χ4v) is 2.09. The number of hydrogen-bond acceptors (Lipinski definition) is 4. The van der Waals surface area contributed by atoms with Gasteiger partial charge in [-0.15, -0.1) is 0 Å². The Hall–Kier alpha value is -2.08. The fraction of sp³-hybridized carbons (Fsp3) is 0.529. The summed E-state index contributed by atoms with van der Waals surface area (Å²) in [6.07, 6.45) is 0.748. The van der Waals surface area contributed by atoms with E-state index in [4.69, 9.17) is 10.5 Å². The highest BCUT2D eigenvalue weighted by Gasteiger charge is 2.18. The van der Waals surface area contributed by atoms with Crippen molar-refractivity contribution in [3.8, 4) is 5.75 Å². The van der Waals surface area contributed by atoms with Gasteiger partial charge in [0.05, 0.1) is 25.7 Å². The second kappa shape index (κ2) is 9.15. The third-order valence-electron chi connectivity index (χ3n) is 3.71. The van der Waals surface area contributed by atoms with Crippen molar-refractivity contribution >= 4 is 11.8 Å². The van der Waals surface area contributed by atoms with Crippen LogP contribution >= 0.6 is 0 Å². The average Bonchev–Trinajstić information content (AvgIpc) is 2.56. The lowest BCUT2D eigenvalue weighted by Gasteiger charge is -2.19. The highest BCUT2D eigenvalue weighted by Crippen LogP contribution is 2.19. The van der Waals surface area contributed by atoms with Gasteiger partial charge in [0.1, 0.15) is 5.75 Å². The molecule has 6 nitrogen and oxygen atoms in total. The van der Waals surface area contributed by atoms with Gasteiger partial charge in [-0.2, -0.15) is 0 Å². The van der Waals surface area contributed by atoms with Gasteiger partial charge in [-0.3, -0.25) is 9.59 Å². The Labute approximate surface area is 137 Å². The van der Waals surface area contributed by atoms with Gasteiger partial charge in [0.2, 0.25) is 11.8 Å². The van der Waals surface area contributed by atoms with Gasteiger partial charge in [0.25, 0.3) is 0 Å². The normalized spacial score (nSPS) is 13.3. The molecule has 1 aromatic rings. The molecule has 0 fully saturated rings. The molecule has 0 aliphatic carbocycles. The molecule has 4 N–H and O–H groups in total. The molecule has 0 aliphatic heterocycles. The maximum Gasteiger partial charge on any atom is 0.239 e. The van der Waals surface area contributed by atoms with E-state index in [-0.39, 0.29) is 30.3 Å². The number of rotatable bonds is 8. The zero-order valence-electron chi connectivity index (χ0n) is 14.3. The van der Waals surface area contributed by atoms with Crippen LogP contribution in [-0.2, 0) is 9.59 Å². The summed E-state index contributed by atoms with van der Waals surface area (Å²) >= 11 is 0. The van der Waals surface area contributed by atoms with Crippen molar-refractivity contribution in [2.45, 2.75) is 39.3 Å². The molecule has 128 valence electrons. The zero-order chi connectivity index (χ0) is 17.4. The van der Waals surface area contributed by atoms with Crippen LogP contribution in [0.2, 0.25) is 0 Å². The molecule has 0 saturated heterocycles. The lowest BCUT2D eigenvalue weighted by Crippen LogP contribution is -2.47. The Bertz CT molecular complexity index is 514. The third kappa shape index (κ3) is 5.90. The molecule has 6 heteroatoms. The maximum atomic E-state index is 12.0. The molecule has 1 unspecified atom stereocenters. The van der Waals surface area contributed by atoms with E-state index in [0.717, 1.165) is 17.7 Å². The first-order valence-corrected chi connectivity index (χ1v) is 7.85. The van der Waals surface area contributed by atoms with Gasteiger partial charge in [0, 0.05) is 0 Å². The van der Waals surface area contributed by atoms with Gasteiger partial charge < -0.3 is 21.1 Å². The van der Waals surface area contributed by atoms with Crippen molar-refractivity contribution in [2.24, 2.45) is 11.7 Å². The van der Waals surface area contributed by atoms with Crippen molar-refractivity contribution in [1.82, 2.24) is 10.6 Å². The SMILES string of the molecule is CCC(NC(=O)CNC(=O)[C@@H](N)C(C)C)c1ccc(OC)cc1. The molecular weight excluding hydrogens is 294 g/mol. The number of amides is 2. The maximum absolute atomic E-state index is 12.0. The van der Waals surface area contributed by atoms with E-state index in [1.54, 1.807) is 7.11 Å². The largest absolute Gasteiger partial charge is 0.497 e. The van der Waals surface area contributed by atoms with Gasteiger partial charge in [-0.25, -0.2) is 0 Å². The van der Waals surface area contributed by atoms with E-state index in [1.807, 2.05) is 45.0 Å². The molecule has 0 spiro atoms. The number of methoxy groups -OCH3 is 1. The minimum absolute atomic E-state index is 0.0285. The summed E-state index contributed by atoms with van der Waals surface area (Å²) in [4.78, 5) is 23.8. The van der Waals surface area contributed by atoms with E-state index >= 15 is 0 Å². The fourth-order valence-electron chi connectivity index (χ4n) is 2.09. The van der Waals surface area contributed by atoms with Gasteiger partial charge in [-0.05, 0) is 30.0 Å². The number of carbonyl (C=O) groups is 2. The van der Waals surface area contributed by atoms with Crippen molar-refractivity contribution in [3.63, 3.8) is 0 Å². The minimum Gasteiger partial charge on any atom is -0.497 e. The van der Waals surface area contributed by atoms with E-state index in [2.05, 4.69) is 10.6 Å². The molecule has 2 amide bonds. The van der Waals surface area contributed by atoms with Crippen LogP contribution in [0.3, 0.4) is 0 Å². The van der Waals surface area contributed by atoms with Crippen LogP contribution in [0.1, 0.15) is 38.8 Å². The first-order valence-electron chi connectivity index (χ1n) is 7.85. The van der Waals surface area contributed by atoms with Crippen molar-refractivity contribution < 1.29 is 14.3 Å². The lowest BCUT2D eigenvalue weighted by molar-refractivity contribution is -0.127. The molecular formula is C17H27N3O3. The third-order valence-corrected chi connectivity index (χ3v) is 3.71. The first kappa shape index (κ1) is 19.0. The van der Waals surface area contributed by atoms with E-state index in [9.17, 15) is 9.59 Å². The number of nitrogens with two attached hydrogens (primary N) is 1. The molecule has 0 radical (unpaired) electrons. The number of ether oxygens (including phenoxy) is 1. The zero-order valence-corrected chi connectivity index (χ0v) is 14.3. The van der Waals surface area contributed by atoms with E-state index in [0.29, 0.717) is 0 Å². The summed E-state index contributed by atoms with van der Waals surface area (Å²) in [5.74, 6) is 0.246. The summed E-state index contributed by atoms with van der Waals surface area (Å²) in [7, 11) is 1.61. The van der Waals surface area contributed by atoms with E-state index in [1.165, 1.54) is 0 Å². The molecule has 0 aromatic heterocycles. The molecule has 0 heterocycles. The molecule has 1 rings (SSSR count). The topological polar surface area (TPSA) is 93.5 Å². The Kier molecular flexibility index (Phi) is 7.54. The molecule has 2 atom stereocenters. The predicted octanol–water partition coefficient (Wildman–Crippen LogP) is 1.36. The lowest BCUT2D eigenvalue weighted by atomic mass is 10.0. The van der Waals surface area contributed by atoms with Gasteiger partial charge in [-0.1, -0.05) is 32.9 Å². The summed E-state index contributed by atoms with van der Waals surface area (Å²) < 4.78 is 5.12. The Morgan fingerprint density at radius 1 is 1.22 bits per heavy atom. The Balaban J connectivity index is 2.54. The van der Waals surface area contributed by atoms with E-state index < -0.39 is 6.04 Å². The molecule has 0 aliphatic rings. The number of hydrogen-bond donors (Lipinski definition) is 3. The molecule has 0 saturated carbocycles. The Morgan fingerprint density at radius 2 is 1.83 bits per heavy atom. The number of benzene rings is 1. The predicted molar refractivity (Wildman–Crippen MR) is 90.0 cm³/mol. The molecule has 23 heavy (non-hydrogen) atoms. The summed E-state index contributed by atoms with van der Waals surface area (Å²) in [6.45, 7) is 5.64. The van der Waals surface area contributed by atoms with Crippen LogP contribution in [0.15, 0.2) is 24.3 Å². The molecule has 1 aromatic carbocycles. The van der Waals surface area contributed by atoms with Crippen LogP contribution < -0.4 is 21.1 Å². The van der Waals surface area contributed by atoms with Crippen LogP contribution in [0.4, 0.5) is 0 Å². The number of nitrogens with one attached hydrogen (secondary N) is 2. The average molecular weight is 321 g/mol. The van der Waals surface area contributed by atoms with Gasteiger partial charge in [0.15, 0.2) is 0 Å². The number of carbonyl (C=O) groups excluding carboxylic acids is 2. The van der Waals surface area contributed by atoms with Crippen LogP contribution in [-0.4, -0.2) is 31.5 Å². The second-order valence-electron chi connectivity index (χ2n) is 5.79. The van der Waals surface area contributed by atoms with Crippen molar-refractivity contribution in [3.05, 3.63) is 29.8 Å². The second-order valence-corrected chi connectivity index (χ2v) is 5.79. The monoisotopic (exact) mass is 321 g/mol. The first-order chi connectivity index (χ1) is 10.9. The smallest absolute Gasteiger partial charge is 0.239 e. The van der Waals surface area contributed by atoms with Crippen molar-refractivity contribution in [1.29, 1.82) is 0 Å². The van der Waals surface area contributed by atoms with Crippen LogP contribution in [0.5, 0.6) is 5.75 Å². The standard InChI is InChI=1S/C17H27N3O3/c1-5-14(12-6-8-13(23-4)9-7-12)20-15(21)10-19-17(22)16(18)11(2)3/h6-9,11,14,16H,5,10,18H2,1-4H3,(H,19,22)(H,20,21)/t14?,16-/m0/s1. The summed E-state index contributed by atoms with van der Waals surface area (Å²) in [5.41, 5.74) is 6.73. The minimum atomic E-state index is -0.605. The summed E-state index contributed by atoms with van der Waals surface area (Å²) in [6, 6.07) is 6.83. The summed E-state index contributed by atoms with van der Waals surface area (Å²) in [5, 5.41) is 5.48.